The third-order valence-corrected chi connectivity index (χ3v) is 5.16. The van der Waals surface area contributed by atoms with Gasteiger partial charge < -0.3 is 0 Å². The lowest BCUT2D eigenvalue weighted by atomic mass is 9.78. The summed E-state index contributed by atoms with van der Waals surface area (Å²) < 4.78 is 0. The third-order valence-electron chi connectivity index (χ3n) is 5.16. The zero-order valence-electron chi connectivity index (χ0n) is 13.7. The molecule has 1 fully saturated rings. The summed E-state index contributed by atoms with van der Waals surface area (Å²) in [5.41, 5.74) is 4.46. The molecular formula is C19H23NO2. The Morgan fingerprint density at radius 3 is 1.77 bits per heavy atom. The number of allylic oxidation sites excluding steroid dienone is 2. The minimum Gasteiger partial charge on any atom is -0.274 e. The summed E-state index contributed by atoms with van der Waals surface area (Å²) in [6.45, 7) is 8.41. The molecule has 1 aliphatic carbocycles. The zero-order chi connectivity index (χ0) is 16.0. The first kappa shape index (κ1) is 15.0. The first-order chi connectivity index (χ1) is 10.4. The van der Waals surface area contributed by atoms with Crippen molar-refractivity contribution in [2.45, 2.75) is 46.5 Å². The normalized spacial score (nSPS) is 25.2. The second kappa shape index (κ2) is 5.38. The number of fused-ring (bicyclic) bond motifs is 1. The number of carbonyl (C=O) groups is 2. The van der Waals surface area contributed by atoms with Gasteiger partial charge in [-0.2, -0.15) is 0 Å². The Bertz CT molecular complexity index is 623. The molecule has 0 aromatic heterocycles. The number of benzene rings is 1. The largest absolute Gasteiger partial charge is 0.274 e. The molecule has 0 bridgehead atoms. The Morgan fingerprint density at radius 1 is 0.909 bits per heavy atom. The van der Waals surface area contributed by atoms with E-state index in [1.165, 1.54) is 21.6 Å². The molecule has 3 nitrogen and oxygen atoms in total. The molecule has 0 spiro atoms. The highest BCUT2D eigenvalue weighted by molar-refractivity contribution is 6.22. The summed E-state index contributed by atoms with van der Waals surface area (Å²) >= 11 is 0. The monoisotopic (exact) mass is 297 g/mol. The van der Waals surface area contributed by atoms with Gasteiger partial charge in [0.15, 0.2) is 0 Å². The number of hydrogen-bond donors (Lipinski definition) is 0. The van der Waals surface area contributed by atoms with Gasteiger partial charge in [-0.3, -0.25) is 14.5 Å². The van der Waals surface area contributed by atoms with Crippen molar-refractivity contribution in [3.63, 3.8) is 0 Å². The van der Waals surface area contributed by atoms with Crippen molar-refractivity contribution in [1.82, 2.24) is 0 Å². The highest BCUT2D eigenvalue weighted by Gasteiger charge is 2.49. The van der Waals surface area contributed by atoms with Crippen molar-refractivity contribution in [1.29, 1.82) is 0 Å². The van der Waals surface area contributed by atoms with E-state index in [2.05, 4.69) is 27.7 Å². The fourth-order valence-corrected chi connectivity index (χ4v) is 3.51. The van der Waals surface area contributed by atoms with E-state index in [4.69, 9.17) is 0 Å². The Hall–Kier alpha value is -1.90. The van der Waals surface area contributed by atoms with Crippen molar-refractivity contribution < 1.29 is 9.59 Å². The number of imide groups is 1. The molecule has 2 amide bonds. The average molecular weight is 297 g/mol. The maximum atomic E-state index is 12.7. The van der Waals surface area contributed by atoms with Gasteiger partial charge in [0.2, 0.25) is 11.8 Å². The maximum Gasteiger partial charge on any atom is 0.238 e. The van der Waals surface area contributed by atoms with E-state index in [-0.39, 0.29) is 23.7 Å². The van der Waals surface area contributed by atoms with Crippen LogP contribution in [-0.4, -0.2) is 11.8 Å². The number of nitrogens with zero attached hydrogens (tertiary/aromatic N) is 1. The number of amides is 2. The van der Waals surface area contributed by atoms with E-state index >= 15 is 0 Å². The van der Waals surface area contributed by atoms with E-state index in [0.29, 0.717) is 11.6 Å². The number of anilines is 1. The highest BCUT2D eigenvalue weighted by atomic mass is 16.2. The fraction of sp³-hybridized carbons (Fsp3) is 0.474. The van der Waals surface area contributed by atoms with Gasteiger partial charge in [-0.15, -0.1) is 0 Å². The standard InChI is InChI=1S/C19H23NO2/c1-11(2)14-5-7-15(8-6-14)20-18(21)16-9-12(3)13(4)10-17(16)19(20)22/h5-8,11,16-17H,9-10H2,1-4H3/t16-,17-/m1/s1. The second-order valence-corrected chi connectivity index (χ2v) is 6.94. The van der Waals surface area contributed by atoms with Crippen LogP contribution in [0.2, 0.25) is 0 Å². The smallest absolute Gasteiger partial charge is 0.238 e. The molecular weight excluding hydrogens is 274 g/mol. The van der Waals surface area contributed by atoms with Gasteiger partial charge >= 0.3 is 0 Å². The van der Waals surface area contributed by atoms with Crippen LogP contribution in [0.3, 0.4) is 0 Å². The number of rotatable bonds is 2. The number of carbonyl (C=O) groups excluding carboxylic acids is 2. The minimum absolute atomic E-state index is 0.0286. The van der Waals surface area contributed by atoms with Gasteiger partial charge in [0, 0.05) is 0 Å². The third kappa shape index (κ3) is 2.29. The molecule has 1 saturated heterocycles. The molecule has 22 heavy (non-hydrogen) atoms. The van der Waals surface area contributed by atoms with Crippen molar-refractivity contribution in [3.8, 4) is 0 Å². The summed E-state index contributed by atoms with van der Waals surface area (Å²) in [6, 6.07) is 7.82. The van der Waals surface area contributed by atoms with Crippen LogP contribution in [0.5, 0.6) is 0 Å². The maximum absolute atomic E-state index is 12.7. The Labute approximate surface area is 132 Å². The van der Waals surface area contributed by atoms with Gasteiger partial charge in [-0.1, -0.05) is 37.1 Å². The molecule has 2 atom stereocenters. The van der Waals surface area contributed by atoms with Crippen molar-refractivity contribution in [3.05, 3.63) is 41.0 Å². The summed E-state index contributed by atoms with van der Waals surface area (Å²) in [7, 11) is 0. The van der Waals surface area contributed by atoms with Crippen molar-refractivity contribution >= 4 is 17.5 Å². The quantitative estimate of drug-likeness (QED) is 0.610. The summed E-state index contributed by atoms with van der Waals surface area (Å²) in [5.74, 6) is 0.0522. The van der Waals surface area contributed by atoms with Crippen LogP contribution in [0, 0.1) is 11.8 Å². The van der Waals surface area contributed by atoms with Crippen LogP contribution >= 0.6 is 0 Å². The Kier molecular flexibility index (Phi) is 3.67. The van der Waals surface area contributed by atoms with E-state index in [9.17, 15) is 9.59 Å². The van der Waals surface area contributed by atoms with E-state index < -0.39 is 0 Å². The van der Waals surface area contributed by atoms with E-state index in [1.54, 1.807) is 0 Å². The van der Waals surface area contributed by atoms with Crippen LogP contribution in [0.25, 0.3) is 0 Å². The summed E-state index contributed by atoms with van der Waals surface area (Å²) in [4.78, 5) is 26.8. The lowest BCUT2D eigenvalue weighted by molar-refractivity contribution is -0.122. The molecule has 1 aliphatic heterocycles. The predicted molar refractivity (Wildman–Crippen MR) is 87.6 cm³/mol. The van der Waals surface area contributed by atoms with E-state index in [1.807, 2.05) is 24.3 Å². The fourth-order valence-electron chi connectivity index (χ4n) is 3.51. The van der Waals surface area contributed by atoms with Crippen molar-refractivity contribution in [2.24, 2.45) is 11.8 Å². The molecule has 1 aromatic carbocycles. The van der Waals surface area contributed by atoms with Crippen LogP contribution in [0.1, 0.15) is 52.0 Å². The molecule has 116 valence electrons. The molecule has 0 N–H and O–H groups in total. The minimum atomic E-state index is -0.166. The zero-order valence-corrected chi connectivity index (χ0v) is 13.7. The Morgan fingerprint density at radius 2 is 1.36 bits per heavy atom. The predicted octanol–water partition coefficient (Wildman–Crippen LogP) is 4.05. The molecule has 1 heterocycles. The first-order valence-electron chi connectivity index (χ1n) is 8.03. The summed E-state index contributed by atoms with van der Waals surface area (Å²) in [6.07, 6.45) is 1.45. The van der Waals surface area contributed by atoms with E-state index in [0.717, 1.165) is 12.8 Å². The second-order valence-electron chi connectivity index (χ2n) is 6.94. The molecule has 3 heteroatoms. The molecule has 3 rings (SSSR count). The topological polar surface area (TPSA) is 37.4 Å². The highest BCUT2D eigenvalue weighted by Crippen LogP contribution is 2.42. The SMILES string of the molecule is CC1=C(C)C[C@H]2C(=O)N(c3ccc(C(C)C)cc3)C(=O)[C@@H]2C1. The molecule has 0 unspecified atom stereocenters. The van der Waals surface area contributed by atoms with Crippen LogP contribution in [-0.2, 0) is 9.59 Å². The van der Waals surface area contributed by atoms with Crippen LogP contribution in [0.4, 0.5) is 5.69 Å². The van der Waals surface area contributed by atoms with Gasteiger partial charge in [0.25, 0.3) is 0 Å². The van der Waals surface area contributed by atoms with Gasteiger partial charge in [0.05, 0.1) is 17.5 Å². The number of hydrogen-bond acceptors (Lipinski definition) is 2. The molecule has 2 aliphatic rings. The van der Waals surface area contributed by atoms with Gasteiger partial charge in [-0.25, -0.2) is 0 Å². The van der Waals surface area contributed by atoms with Crippen LogP contribution < -0.4 is 4.90 Å². The van der Waals surface area contributed by atoms with Crippen molar-refractivity contribution in [2.75, 3.05) is 4.90 Å². The lowest BCUT2D eigenvalue weighted by Gasteiger charge is -2.23. The summed E-state index contributed by atoms with van der Waals surface area (Å²) in [5, 5.41) is 0. The molecule has 0 saturated carbocycles. The lowest BCUT2D eigenvalue weighted by Crippen LogP contribution is -2.30. The van der Waals surface area contributed by atoms with Gasteiger partial charge in [0.1, 0.15) is 0 Å². The van der Waals surface area contributed by atoms with Gasteiger partial charge in [-0.05, 0) is 50.3 Å². The average Bonchev–Trinajstić information content (AvgIpc) is 2.72. The Balaban J connectivity index is 1.90. The molecule has 0 radical (unpaired) electrons. The molecule has 1 aromatic rings. The first-order valence-corrected chi connectivity index (χ1v) is 8.03. The van der Waals surface area contributed by atoms with Crippen LogP contribution in [0.15, 0.2) is 35.4 Å².